The summed E-state index contributed by atoms with van der Waals surface area (Å²) < 4.78 is 22.4. The minimum Gasteiger partial charge on any atom is -0.491 e. The molecule has 1 aromatic carbocycles. The minimum atomic E-state index is -0.471. The normalized spacial score (nSPS) is 23.5. The number of halogens is 1. The molecule has 9 heteroatoms. The summed E-state index contributed by atoms with van der Waals surface area (Å²) in [6.07, 6.45) is 8.38. The minimum absolute atomic E-state index is 0.00998. The lowest BCUT2D eigenvalue weighted by Gasteiger charge is -2.26. The number of unbranched alkanes of at least 4 members (excludes halogenated alkanes) is 1. The molecule has 198 valence electrons. The summed E-state index contributed by atoms with van der Waals surface area (Å²) in [6, 6.07) is 7.31. The van der Waals surface area contributed by atoms with Crippen LogP contribution in [-0.2, 0) is 18.6 Å². The lowest BCUT2D eigenvalue weighted by Crippen LogP contribution is -2.26. The summed E-state index contributed by atoms with van der Waals surface area (Å²) in [6.45, 7) is 6.39. The Balaban J connectivity index is 1.80. The van der Waals surface area contributed by atoms with Crippen LogP contribution in [0, 0.1) is 17.3 Å². The van der Waals surface area contributed by atoms with Gasteiger partial charge in [0.1, 0.15) is 12.4 Å². The lowest BCUT2D eigenvalue weighted by molar-refractivity contribution is -0.153. The Morgan fingerprint density at radius 2 is 2.03 bits per heavy atom. The Morgan fingerprint density at radius 1 is 1.26 bits per heavy atom. The molecule has 0 amide bonds. The number of rotatable bonds is 14. The van der Waals surface area contributed by atoms with Crippen molar-refractivity contribution in [2.45, 2.75) is 77.6 Å². The third-order valence-corrected chi connectivity index (χ3v) is 7.32. The van der Waals surface area contributed by atoms with Gasteiger partial charge in [0.05, 0.1) is 30.3 Å². The van der Waals surface area contributed by atoms with Crippen LogP contribution in [0.3, 0.4) is 0 Å². The van der Waals surface area contributed by atoms with Gasteiger partial charge in [0, 0.05) is 30.4 Å². The van der Waals surface area contributed by atoms with Gasteiger partial charge in [0.2, 0.25) is 0 Å². The number of aliphatic hydroxyl groups is 1. The van der Waals surface area contributed by atoms with E-state index in [2.05, 4.69) is 31.1 Å². The number of hydrogen-bond acceptors (Lipinski definition) is 6. The van der Waals surface area contributed by atoms with Crippen molar-refractivity contribution in [3.8, 4) is 5.75 Å². The van der Waals surface area contributed by atoms with Crippen molar-refractivity contribution in [3.05, 3.63) is 41.4 Å². The van der Waals surface area contributed by atoms with E-state index in [-0.39, 0.29) is 30.0 Å². The molecule has 0 saturated heterocycles. The highest BCUT2D eigenvalue weighted by Gasteiger charge is 2.42. The number of hydrogen-bond donors (Lipinski definition) is 1. The fourth-order valence-corrected chi connectivity index (χ4v) is 5.01. The van der Waals surface area contributed by atoms with Crippen molar-refractivity contribution in [2.75, 3.05) is 13.2 Å². The molecule has 5 unspecified atom stereocenters. The topological polar surface area (TPSA) is 74.2 Å². The van der Waals surface area contributed by atoms with Crippen molar-refractivity contribution < 1.29 is 28.4 Å². The lowest BCUT2D eigenvalue weighted by atomic mass is 9.86. The van der Waals surface area contributed by atoms with Crippen molar-refractivity contribution in [1.29, 1.82) is 0 Å². The maximum absolute atomic E-state index is 11.8. The average Bonchev–Trinajstić information content (AvgIpc) is 3.12. The van der Waals surface area contributed by atoms with E-state index in [9.17, 15) is 9.90 Å². The van der Waals surface area contributed by atoms with E-state index in [1.807, 2.05) is 39.0 Å². The van der Waals surface area contributed by atoms with Crippen LogP contribution in [0.1, 0.15) is 59.3 Å². The highest BCUT2D eigenvalue weighted by Crippen LogP contribution is 2.41. The van der Waals surface area contributed by atoms with Crippen molar-refractivity contribution >= 4 is 36.5 Å². The number of allylic oxidation sites excluding steroid dienone is 2. The number of esters is 1. The van der Waals surface area contributed by atoms with Gasteiger partial charge in [-0.25, -0.2) is 0 Å². The summed E-state index contributed by atoms with van der Waals surface area (Å²) in [4.78, 5) is 11.8. The Kier molecular flexibility index (Phi) is 13.5. The Labute approximate surface area is 220 Å². The van der Waals surface area contributed by atoms with Gasteiger partial charge >= 0.3 is 5.97 Å². The Morgan fingerprint density at radius 3 is 2.69 bits per heavy atom. The van der Waals surface area contributed by atoms with Crippen LogP contribution < -0.4 is 4.74 Å². The number of aliphatic hydroxyl groups excluding tert-OH is 1. The average molecular weight is 547 g/mol. The predicted octanol–water partition coefficient (Wildman–Crippen LogP) is 6.16. The molecule has 0 radical (unpaired) electrons. The first kappa shape index (κ1) is 30.5. The highest BCUT2D eigenvalue weighted by molar-refractivity contribution is 7.10. The van der Waals surface area contributed by atoms with E-state index in [4.69, 9.17) is 30.1 Å². The zero-order chi connectivity index (χ0) is 25.8. The van der Waals surface area contributed by atoms with Crippen molar-refractivity contribution in [3.63, 3.8) is 0 Å². The van der Waals surface area contributed by atoms with Gasteiger partial charge in [-0.3, -0.25) is 4.79 Å². The van der Waals surface area contributed by atoms with Crippen LogP contribution >= 0.6 is 30.5 Å². The van der Waals surface area contributed by atoms with Gasteiger partial charge in [0.25, 0.3) is 0 Å². The zero-order valence-electron chi connectivity index (χ0n) is 21.0. The molecule has 7 atom stereocenters. The quantitative estimate of drug-likeness (QED) is 0.130. The van der Waals surface area contributed by atoms with Crippen molar-refractivity contribution in [2.24, 2.45) is 17.3 Å². The molecule has 1 saturated carbocycles. The third-order valence-electron chi connectivity index (χ3n) is 6.35. The van der Waals surface area contributed by atoms with E-state index < -0.39 is 11.5 Å². The second kappa shape index (κ2) is 15.5. The summed E-state index contributed by atoms with van der Waals surface area (Å²) in [5.74, 6) is 0.874. The van der Waals surface area contributed by atoms with E-state index in [0.717, 1.165) is 32.1 Å². The second-order valence-electron chi connectivity index (χ2n) is 10.1. The summed E-state index contributed by atoms with van der Waals surface area (Å²) in [5, 5.41) is 11.3. The van der Waals surface area contributed by atoms with Gasteiger partial charge in [-0.1, -0.05) is 29.8 Å². The predicted molar refractivity (Wildman–Crippen MR) is 146 cm³/mol. The summed E-state index contributed by atoms with van der Waals surface area (Å²) >= 11 is 6.03. The molecule has 6 nitrogen and oxygen atoms in total. The van der Waals surface area contributed by atoms with Crippen LogP contribution in [-0.4, -0.2) is 42.6 Å². The second-order valence-corrected chi connectivity index (χ2v) is 11.1. The maximum Gasteiger partial charge on any atom is 0.311 e. The standard InChI is InChI=1S/C26H41ClO6P2/c1-26(2,3)25(29)30-14-7-5-4-6-11-21-22(24(33-35)16-23(21)28)13-12-20(32-34)17-31-19-10-8-9-18(27)15-19/h4,6,8-10,15,20-24,28H,5,7,11-14,16-17,34-35H2,1-3H3/t20?,21-,22-,23?,24?/m1/s1. The molecular weight excluding hydrogens is 506 g/mol. The van der Waals surface area contributed by atoms with Crippen LogP contribution in [0.25, 0.3) is 0 Å². The number of carbonyl (C=O) groups excluding carboxylic acids is 1. The first-order valence-electron chi connectivity index (χ1n) is 12.3. The molecule has 1 fully saturated rings. The SMILES string of the molecule is CC(C)(C)C(=O)OCCCC=CC[C@H]1C(O)CC(OP)[C@@H]1CCC(COc1cccc(Cl)c1)OP. The molecule has 1 N–H and O–H groups in total. The van der Waals surface area contributed by atoms with Gasteiger partial charge in [-0.2, -0.15) is 0 Å². The van der Waals surface area contributed by atoms with E-state index in [1.165, 1.54) is 0 Å². The fraction of sp³-hybridized carbons (Fsp3) is 0.654. The number of carbonyl (C=O) groups is 1. The van der Waals surface area contributed by atoms with Crippen LogP contribution in [0.15, 0.2) is 36.4 Å². The van der Waals surface area contributed by atoms with E-state index in [1.54, 1.807) is 6.07 Å². The van der Waals surface area contributed by atoms with Crippen LogP contribution in [0.4, 0.5) is 0 Å². The molecule has 1 aliphatic rings. The number of ether oxygens (including phenoxy) is 2. The first-order valence-corrected chi connectivity index (χ1v) is 13.6. The molecule has 0 spiro atoms. The molecule has 0 bridgehead atoms. The molecular formula is C26H41ClO6P2. The van der Waals surface area contributed by atoms with E-state index >= 15 is 0 Å². The van der Waals surface area contributed by atoms with Gasteiger partial charge in [0.15, 0.2) is 0 Å². The molecule has 2 rings (SSSR count). The Bertz CT molecular complexity index is 800. The van der Waals surface area contributed by atoms with Gasteiger partial charge in [-0.05, 0) is 82.9 Å². The Hall–Kier alpha value is -0.740. The molecule has 0 aromatic heterocycles. The molecule has 0 heterocycles. The summed E-state index contributed by atoms with van der Waals surface area (Å²) in [5.41, 5.74) is -0.471. The summed E-state index contributed by atoms with van der Waals surface area (Å²) in [7, 11) is 4.69. The van der Waals surface area contributed by atoms with Crippen molar-refractivity contribution in [1.82, 2.24) is 0 Å². The molecule has 1 aliphatic carbocycles. The van der Waals surface area contributed by atoms with Gasteiger partial charge in [-0.15, -0.1) is 0 Å². The maximum atomic E-state index is 11.8. The molecule has 0 aliphatic heterocycles. The third kappa shape index (κ3) is 10.6. The monoisotopic (exact) mass is 546 g/mol. The number of benzene rings is 1. The smallest absolute Gasteiger partial charge is 0.311 e. The van der Waals surface area contributed by atoms with Crippen LogP contribution in [0.5, 0.6) is 5.75 Å². The van der Waals surface area contributed by atoms with Crippen LogP contribution in [0.2, 0.25) is 5.02 Å². The highest BCUT2D eigenvalue weighted by atomic mass is 35.5. The molecule has 35 heavy (non-hydrogen) atoms. The van der Waals surface area contributed by atoms with Gasteiger partial charge < -0.3 is 23.6 Å². The fourth-order valence-electron chi connectivity index (χ4n) is 4.31. The van der Waals surface area contributed by atoms with E-state index in [0.29, 0.717) is 30.4 Å². The largest absolute Gasteiger partial charge is 0.491 e. The zero-order valence-corrected chi connectivity index (χ0v) is 24.1. The first-order chi connectivity index (χ1) is 16.7. The molecule has 1 aromatic rings.